The van der Waals surface area contributed by atoms with Crippen LogP contribution in [0.3, 0.4) is 0 Å². The first-order valence-electron chi connectivity index (χ1n) is 4.39. The Hall–Kier alpha value is -1.25. The predicted molar refractivity (Wildman–Crippen MR) is 54.3 cm³/mol. The molecule has 2 rings (SSSR count). The molecular formula is C7H12N4O3S. The number of nitrogens with two attached hydrogens (primary N) is 1. The van der Waals surface area contributed by atoms with E-state index in [-0.39, 0.29) is 5.03 Å². The van der Waals surface area contributed by atoms with Gasteiger partial charge in [-0.05, 0) is 12.8 Å². The highest BCUT2D eigenvalue weighted by molar-refractivity contribution is 8.23. The fourth-order valence-electron chi connectivity index (χ4n) is 1.21. The van der Waals surface area contributed by atoms with Crippen LogP contribution in [-0.4, -0.2) is 24.9 Å². The topological polar surface area (TPSA) is 113 Å². The second-order valence-corrected chi connectivity index (χ2v) is 5.10. The predicted octanol–water partition coefficient (Wildman–Crippen LogP) is 0.911. The standard InChI is InChI=1S/C7H12N4O3S/c8-7(12)10-15(13,14)6-3-4-11(9-6)5-1-2-5/h3-5,13-14H,1-2H2,(H3,8,10,12). The van der Waals surface area contributed by atoms with Gasteiger partial charge in [0.2, 0.25) is 0 Å². The summed E-state index contributed by atoms with van der Waals surface area (Å²) in [5.41, 5.74) is 4.81. The van der Waals surface area contributed by atoms with E-state index in [9.17, 15) is 13.9 Å². The van der Waals surface area contributed by atoms with E-state index in [4.69, 9.17) is 5.73 Å². The summed E-state index contributed by atoms with van der Waals surface area (Å²) in [5, 5.41) is 4.02. The molecule has 7 nitrogen and oxygen atoms in total. The molecule has 1 aliphatic carbocycles. The second kappa shape index (κ2) is 3.40. The van der Waals surface area contributed by atoms with Crippen LogP contribution < -0.4 is 10.5 Å². The fraction of sp³-hybridized carbons (Fsp3) is 0.429. The van der Waals surface area contributed by atoms with Crippen molar-refractivity contribution in [3.63, 3.8) is 0 Å². The van der Waals surface area contributed by atoms with E-state index in [0.29, 0.717) is 6.04 Å². The summed E-state index contributed by atoms with van der Waals surface area (Å²) in [7, 11) is -3.40. The normalized spacial score (nSPS) is 17.5. The van der Waals surface area contributed by atoms with Crippen LogP contribution >= 0.6 is 10.8 Å². The number of amides is 2. The van der Waals surface area contributed by atoms with Gasteiger partial charge in [0.15, 0.2) is 5.03 Å². The molecule has 1 aromatic heterocycles. The first-order valence-corrected chi connectivity index (χ1v) is 5.94. The number of rotatable bonds is 3. The van der Waals surface area contributed by atoms with Gasteiger partial charge in [0.1, 0.15) is 0 Å². The lowest BCUT2D eigenvalue weighted by Crippen LogP contribution is -2.32. The van der Waals surface area contributed by atoms with Crippen molar-refractivity contribution in [2.45, 2.75) is 23.9 Å². The summed E-state index contributed by atoms with van der Waals surface area (Å²) < 4.78 is 22.6. The molecule has 0 unspecified atom stereocenters. The maximum Gasteiger partial charge on any atom is 0.330 e. The van der Waals surface area contributed by atoms with E-state index >= 15 is 0 Å². The third-order valence-electron chi connectivity index (χ3n) is 2.04. The van der Waals surface area contributed by atoms with E-state index in [1.165, 1.54) is 6.07 Å². The highest BCUT2D eigenvalue weighted by Crippen LogP contribution is 2.43. The van der Waals surface area contributed by atoms with E-state index in [0.717, 1.165) is 12.8 Å². The number of nitrogens with zero attached hydrogens (tertiary/aromatic N) is 2. The van der Waals surface area contributed by atoms with Crippen molar-refractivity contribution in [3.05, 3.63) is 12.3 Å². The molecule has 1 aliphatic rings. The van der Waals surface area contributed by atoms with Gasteiger partial charge in [-0.1, -0.05) is 10.8 Å². The van der Waals surface area contributed by atoms with Crippen molar-refractivity contribution < 1.29 is 13.9 Å². The fourth-order valence-corrected chi connectivity index (χ4v) is 2.05. The molecule has 15 heavy (non-hydrogen) atoms. The molecule has 8 heteroatoms. The summed E-state index contributed by atoms with van der Waals surface area (Å²) in [6.45, 7) is 0. The molecule has 0 bridgehead atoms. The van der Waals surface area contributed by atoms with Crippen molar-refractivity contribution in [3.8, 4) is 0 Å². The average molecular weight is 232 g/mol. The third-order valence-corrected chi connectivity index (χ3v) is 3.33. The molecule has 84 valence electrons. The SMILES string of the molecule is NC(=O)NS(O)(O)c1ccn(C2CC2)n1. The van der Waals surface area contributed by atoms with Crippen LogP contribution in [0.25, 0.3) is 0 Å². The zero-order valence-electron chi connectivity index (χ0n) is 7.83. The monoisotopic (exact) mass is 232 g/mol. The molecule has 0 saturated heterocycles. The van der Waals surface area contributed by atoms with Gasteiger partial charge in [0, 0.05) is 12.3 Å². The third kappa shape index (κ3) is 2.22. The minimum Gasteiger partial charge on any atom is -0.350 e. The molecule has 1 heterocycles. The van der Waals surface area contributed by atoms with Gasteiger partial charge >= 0.3 is 6.03 Å². The van der Waals surface area contributed by atoms with Gasteiger partial charge in [0.25, 0.3) is 0 Å². The maximum absolute atomic E-state index is 10.5. The molecule has 5 N–H and O–H groups in total. The Morgan fingerprint density at radius 1 is 1.67 bits per heavy atom. The zero-order chi connectivity index (χ0) is 11.1. The van der Waals surface area contributed by atoms with Gasteiger partial charge in [0.05, 0.1) is 6.04 Å². The first-order chi connectivity index (χ1) is 6.99. The molecule has 0 aliphatic heterocycles. The summed E-state index contributed by atoms with van der Waals surface area (Å²) in [6.07, 6.45) is 3.75. The highest BCUT2D eigenvalue weighted by Gasteiger charge is 2.27. The van der Waals surface area contributed by atoms with Gasteiger partial charge in [-0.2, -0.15) is 5.10 Å². The lowest BCUT2D eigenvalue weighted by Gasteiger charge is -2.28. The summed E-state index contributed by atoms with van der Waals surface area (Å²) in [6, 6.07) is 0.822. The summed E-state index contributed by atoms with van der Waals surface area (Å²) in [5.74, 6) is 0. The number of nitrogens with one attached hydrogen (secondary N) is 1. The molecular weight excluding hydrogens is 220 g/mol. The molecule has 0 aromatic carbocycles. The first kappa shape index (κ1) is 10.3. The second-order valence-electron chi connectivity index (χ2n) is 3.38. The number of primary amides is 1. The largest absolute Gasteiger partial charge is 0.350 e. The number of carbonyl (C=O) groups excluding carboxylic acids is 1. The Kier molecular flexibility index (Phi) is 2.33. The van der Waals surface area contributed by atoms with Crippen LogP contribution in [0, 0.1) is 0 Å². The molecule has 0 radical (unpaired) electrons. The molecule has 1 saturated carbocycles. The summed E-state index contributed by atoms with van der Waals surface area (Å²) >= 11 is 0. The zero-order valence-corrected chi connectivity index (χ0v) is 8.65. The average Bonchev–Trinajstić information content (AvgIpc) is 2.81. The minimum absolute atomic E-state index is 0.0354. The molecule has 1 fully saturated rings. The Morgan fingerprint density at radius 3 is 2.87 bits per heavy atom. The van der Waals surface area contributed by atoms with Crippen molar-refractivity contribution in [1.82, 2.24) is 14.5 Å². The lowest BCUT2D eigenvalue weighted by atomic mass is 10.7. The number of urea groups is 1. The van der Waals surface area contributed by atoms with Crippen molar-refractivity contribution in [1.29, 1.82) is 0 Å². The van der Waals surface area contributed by atoms with Crippen molar-refractivity contribution in [2.75, 3.05) is 0 Å². The Morgan fingerprint density at radius 2 is 2.33 bits per heavy atom. The van der Waals surface area contributed by atoms with E-state index in [1.807, 2.05) is 4.72 Å². The van der Waals surface area contributed by atoms with Gasteiger partial charge in [-0.15, -0.1) is 0 Å². The van der Waals surface area contributed by atoms with Crippen molar-refractivity contribution in [2.24, 2.45) is 5.73 Å². The van der Waals surface area contributed by atoms with Gasteiger partial charge in [-0.25, -0.2) is 9.52 Å². The van der Waals surface area contributed by atoms with Crippen LogP contribution in [0.5, 0.6) is 0 Å². The number of carbonyl (C=O) groups is 1. The quantitative estimate of drug-likeness (QED) is 0.620. The minimum atomic E-state index is -3.40. The van der Waals surface area contributed by atoms with Crippen LogP contribution in [0.1, 0.15) is 18.9 Å². The van der Waals surface area contributed by atoms with Gasteiger partial charge < -0.3 is 5.73 Å². The molecule has 2 amide bonds. The van der Waals surface area contributed by atoms with Crippen LogP contribution in [0.15, 0.2) is 17.3 Å². The Bertz CT molecular complexity index is 387. The number of hydrogen-bond donors (Lipinski definition) is 4. The van der Waals surface area contributed by atoms with E-state index in [2.05, 4.69) is 5.10 Å². The maximum atomic E-state index is 10.5. The lowest BCUT2D eigenvalue weighted by molar-refractivity contribution is 0.252. The molecule has 0 spiro atoms. The van der Waals surface area contributed by atoms with Gasteiger partial charge in [-0.3, -0.25) is 13.8 Å². The smallest absolute Gasteiger partial charge is 0.330 e. The van der Waals surface area contributed by atoms with Crippen molar-refractivity contribution >= 4 is 16.8 Å². The highest BCUT2D eigenvalue weighted by atomic mass is 32.3. The van der Waals surface area contributed by atoms with Crippen LogP contribution in [0.2, 0.25) is 0 Å². The summed E-state index contributed by atoms with van der Waals surface area (Å²) in [4.78, 5) is 10.5. The van der Waals surface area contributed by atoms with Crippen LogP contribution in [-0.2, 0) is 0 Å². The number of aromatic nitrogens is 2. The van der Waals surface area contributed by atoms with E-state index in [1.54, 1.807) is 10.9 Å². The Labute approximate surface area is 87.7 Å². The Balaban J connectivity index is 2.15. The van der Waals surface area contributed by atoms with Crippen LogP contribution in [0.4, 0.5) is 4.79 Å². The number of hydrogen-bond acceptors (Lipinski definition) is 4. The van der Waals surface area contributed by atoms with E-state index < -0.39 is 16.8 Å². The molecule has 0 atom stereocenters. The molecule has 1 aromatic rings.